The van der Waals surface area contributed by atoms with E-state index in [4.69, 9.17) is 5.73 Å². The number of carbonyl (C=O) groups is 1. The van der Waals surface area contributed by atoms with Gasteiger partial charge >= 0.3 is 5.69 Å². The molecule has 5 heteroatoms. The molecule has 0 saturated heterocycles. The van der Waals surface area contributed by atoms with Gasteiger partial charge in [-0.2, -0.15) is 0 Å². The Morgan fingerprint density at radius 1 is 1.21 bits per heavy atom. The SMILES string of the molecule is CCn1c(=O)n(CC)c2cc(/C=C\C(N)=O)ccc21. The van der Waals surface area contributed by atoms with Crippen molar-refractivity contribution in [3.63, 3.8) is 0 Å². The Morgan fingerprint density at radius 2 is 1.84 bits per heavy atom. The average Bonchev–Trinajstić information content (AvgIpc) is 2.66. The summed E-state index contributed by atoms with van der Waals surface area (Å²) in [6, 6.07) is 5.66. The first-order valence-corrected chi connectivity index (χ1v) is 6.29. The van der Waals surface area contributed by atoms with Gasteiger partial charge in [0.15, 0.2) is 0 Å². The van der Waals surface area contributed by atoms with E-state index in [1.54, 1.807) is 15.2 Å². The molecule has 2 rings (SSSR count). The van der Waals surface area contributed by atoms with Gasteiger partial charge in [0.2, 0.25) is 5.91 Å². The van der Waals surface area contributed by atoms with E-state index in [1.165, 1.54) is 6.08 Å². The molecule has 100 valence electrons. The molecule has 0 saturated carbocycles. The van der Waals surface area contributed by atoms with Gasteiger partial charge in [-0.15, -0.1) is 0 Å². The lowest BCUT2D eigenvalue weighted by Gasteiger charge is -1.99. The summed E-state index contributed by atoms with van der Waals surface area (Å²) >= 11 is 0. The third kappa shape index (κ3) is 2.31. The lowest BCUT2D eigenvalue weighted by molar-refractivity contribution is -0.113. The van der Waals surface area contributed by atoms with E-state index in [-0.39, 0.29) is 5.69 Å². The van der Waals surface area contributed by atoms with Crippen molar-refractivity contribution in [2.75, 3.05) is 0 Å². The van der Waals surface area contributed by atoms with Crippen LogP contribution in [0.4, 0.5) is 0 Å². The number of hydrogen-bond donors (Lipinski definition) is 1. The fraction of sp³-hybridized carbons (Fsp3) is 0.286. The van der Waals surface area contributed by atoms with E-state index in [0.29, 0.717) is 13.1 Å². The largest absolute Gasteiger partial charge is 0.366 e. The predicted molar refractivity (Wildman–Crippen MR) is 75.8 cm³/mol. The van der Waals surface area contributed by atoms with Crippen LogP contribution in [0, 0.1) is 0 Å². The first-order valence-electron chi connectivity index (χ1n) is 6.29. The average molecular weight is 259 g/mol. The minimum Gasteiger partial charge on any atom is -0.366 e. The van der Waals surface area contributed by atoms with Crippen LogP contribution in [0.3, 0.4) is 0 Å². The molecule has 0 aliphatic rings. The number of amides is 1. The highest BCUT2D eigenvalue weighted by molar-refractivity contribution is 5.91. The Morgan fingerprint density at radius 3 is 2.42 bits per heavy atom. The minimum absolute atomic E-state index is 0.00368. The number of rotatable bonds is 4. The lowest BCUT2D eigenvalue weighted by atomic mass is 10.2. The summed E-state index contributed by atoms with van der Waals surface area (Å²) in [5.41, 5.74) is 7.70. The summed E-state index contributed by atoms with van der Waals surface area (Å²) < 4.78 is 3.46. The van der Waals surface area contributed by atoms with E-state index in [1.807, 2.05) is 32.0 Å². The smallest absolute Gasteiger partial charge is 0.329 e. The van der Waals surface area contributed by atoms with Gasteiger partial charge in [0.05, 0.1) is 11.0 Å². The lowest BCUT2D eigenvalue weighted by Crippen LogP contribution is -2.22. The van der Waals surface area contributed by atoms with Crippen LogP contribution in [-0.2, 0) is 17.9 Å². The van der Waals surface area contributed by atoms with Crippen LogP contribution in [0.15, 0.2) is 29.1 Å². The number of fused-ring (bicyclic) bond motifs is 1. The van der Waals surface area contributed by atoms with Crippen molar-refractivity contribution in [3.8, 4) is 0 Å². The molecular weight excluding hydrogens is 242 g/mol. The molecule has 0 spiro atoms. The van der Waals surface area contributed by atoms with E-state index < -0.39 is 5.91 Å². The van der Waals surface area contributed by atoms with E-state index in [9.17, 15) is 9.59 Å². The van der Waals surface area contributed by atoms with Crippen LogP contribution in [-0.4, -0.2) is 15.0 Å². The second-order valence-electron chi connectivity index (χ2n) is 4.25. The number of benzene rings is 1. The van der Waals surface area contributed by atoms with Crippen LogP contribution in [0.25, 0.3) is 17.1 Å². The second-order valence-corrected chi connectivity index (χ2v) is 4.25. The Labute approximate surface area is 110 Å². The molecule has 0 aliphatic heterocycles. The molecular formula is C14H17N3O2. The molecule has 0 bridgehead atoms. The van der Waals surface area contributed by atoms with Gasteiger partial charge in [0.1, 0.15) is 0 Å². The molecule has 0 aliphatic carbocycles. The Kier molecular flexibility index (Phi) is 3.55. The third-order valence-corrected chi connectivity index (χ3v) is 3.12. The maximum Gasteiger partial charge on any atom is 0.329 e. The number of aromatic nitrogens is 2. The number of nitrogens with zero attached hydrogens (tertiary/aromatic N) is 2. The molecule has 1 heterocycles. The molecule has 0 unspecified atom stereocenters. The van der Waals surface area contributed by atoms with Crippen LogP contribution >= 0.6 is 0 Å². The van der Waals surface area contributed by atoms with Crippen molar-refractivity contribution in [1.82, 2.24) is 9.13 Å². The fourth-order valence-corrected chi connectivity index (χ4v) is 2.23. The first-order chi connectivity index (χ1) is 9.08. The van der Waals surface area contributed by atoms with Crippen LogP contribution < -0.4 is 11.4 Å². The molecule has 0 fully saturated rings. The number of imidazole rings is 1. The maximum atomic E-state index is 12.2. The predicted octanol–water partition coefficient (Wildman–Crippen LogP) is 1.34. The molecule has 0 radical (unpaired) electrons. The van der Waals surface area contributed by atoms with Crippen molar-refractivity contribution < 1.29 is 4.79 Å². The highest BCUT2D eigenvalue weighted by Crippen LogP contribution is 2.16. The van der Waals surface area contributed by atoms with Crippen molar-refractivity contribution in [2.45, 2.75) is 26.9 Å². The van der Waals surface area contributed by atoms with Gasteiger partial charge in [0.25, 0.3) is 0 Å². The van der Waals surface area contributed by atoms with E-state index in [2.05, 4.69) is 0 Å². The standard InChI is InChI=1S/C14H17N3O2/c1-3-16-11-7-5-10(6-8-13(15)18)9-12(11)17(4-2)14(16)19/h5-9H,3-4H2,1-2H3,(H2,15,18)/b8-6-. The normalized spacial score (nSPS) is 11.5. The Bertz CT molecular complexity index is 707. The molecule has 19 heavy (non-hydrogen) atoms. The quantitative estimate of drug-likeness (QED) is 0.842. The van der Waals surface area contributed by atoms with Gasteiger partial charge in [-0.3, -0.25) is 13.9 Å². The zero-order valence-electron chi connectivity index (χ0n) is 11.1. The minimum atomic E-state index is -0.487. The van der Waals surface area contributed by atoms with E-state index >= 15 is 0 Å². The third-order valence-electron chi connectivity index (χ3n) is 3.12. The summed E-state index contributed by atoms with van der Waals surface area (Å²) in [5, 5.41) is 0. The molecule has 1 amide bonds. The van der Waals surface area contributed by atoms with Gasteiger partial charge < -0.3 is 5.73 Å². The number of primary amides is 1. The monoisotopic (exact) mass is 259 g/mol. The summed E-state index contributed by atoms with van der Waals surface area (Å²) in [7, 11) is 0. The van der Waals surface area contributed by atoms with Gasteiger partial charge in [-0.05, 0) is 37.6 Å². The summed E-state index contributed by atoms with van der Waals surface area (Å²) in [6.07, 6.45) is 2.96. The highest BCUT2D eigenvalue weighted by Gasteiger charge is 2.10. The van der Waals surface area contributed by atoms with Gasteiger partial charge in [-0.25, -0.2) is 4.79 Å². The summed E-state index contributed by atoms with van der Waals surface area (Å²) in [6.45, 7) is 5.14. The van der Waals surface area contributed by atoms with Gasteiger partial charge in [0, 0.05) is 19.2 Å². The van der Waals surface area contributed by atoms with Crippen LogP contribution in [0.2, 0.25) is 0 Å². The summed E-state index contributed by atoms with van der Waals surface area (Å²) in [4.78, 5) is 22.9. The van der Waals surface area contributed by atoms with Crippen LogP contribution in [0.5, 0.6) is 0 Å². The molecule has 5 nitrogen and oxygen atoms in total. The molecule has 0 atom stereocenters. The number of aryl methyl sites for hydroxylation is 2. The topological polar surface area (TPSA) is 70.0 Å². The number of carbonyl (C=O) groups excluding carboxylic acids is 1. The molecule has 1 aromatic heterocycles. The Balaban J connectivity index is 2.65. The zero-order chi connectivity index (χ0) is 14.0. The first kappa shape index (κ1) is 13.1. The zero-order valence-corrected chi connectivity index (χ0v) is 11.1. The highest BCUT2D eigenvalue weighted by atomic mass is 16.2. The van der Waals surface area contributed by atoms with E-state index in [0.717, 1.165) is 16.6 Å². The van der Waals surface area contributed by atoms with Crippen molar-refractivity contribution in [3.05, 3.63) is 40.3 Å². The summed E-state index contributed by atoms with van der Waals surface area (Å²) in [5.74, 6) is -0.487. The van der Waals surface area contributed by atoms with Crippen LogP contribution in [0.1, 0.15) is 19.4 Å². The Hall–Kier alpha value is -2.30. The van der Waals surface area contributed by atoms with Crippen molar-refractivity contribution in [1.29, 1.82) is 0 Å². The molecule has 2 N–H and O–H groups in total. The second kappa shape index (κ2) is 5.14. The molecule has 1 aromatic carbocycles. The van der Waals surface area contributed by atoms with Crippen molar-refractivity contribution in [2.24, 2.45) is 5.73 Å². The van der Waals surface area contributed by atoms with Crippen molar-refractivity contribution >= 4 is 23.0 Å². The number of hydrogen-bond acceptors (Lipinski definition) is 2. The fourth-order valence-electron chi connectivity index (χ4n) is 2.23. The van der Waals surface area contributed by atoms with Gasteiger partial charge in [-0.1, -0.05) is 6.07 Å². The molecule has 2 aromatic rings. The maximum absolute atomic E-state index is 12.2. The number of nitrogens with two attached hydrogens (primary N) is 1.